The van der Waals surface area contributed by atoms with Crippen LogP contribution in [-0.4, -0.2) is 32.3 Å². The number of carbonyl (C=O) groups is 1. The van der Waals surface area contributed by atoms with Gasteiger partial charge in [-0.2, -0.15) is 0 Å². The van der Waals surface area contributed by atoms with Crippen LogP contribution in [0.2, 0.25) is 0 Å². The highest BCUT2D eigenvalue weighted by atomic mass is 16.5. The molecule has 1 aliphatic heterocycles. The third-order valence-electron chi connectivity index (χ3n) is 3.27. The fourth-order valence-electron chi connectivity index (χ4n) is 2.26. The molecule has 5 nitrogen and oxygen atoms in total. The number of rotatable bonds is 3. The van der Waals surface area contributed by atoms with Crippen LogP contribution in [0.25, 0.3) is 0 Å². The summed E-state index contributed by atoms with van der Waals surface area (Å²) in [6, 6.07) is 7.46. The molecule has 0 radical (unpaired) electrons. The number of carbonyl (C=O) groups excluding carboxylic acids is 1. The first kappa shape index (κ1) is 13.7. The molecule has 1 aromatic rings. The van der Waals surface area contributed by atoms with Crippen LogP contribution in [0.1, 0.15) is 19.3 Å². The molecule has 0 spiro atoms. The van der Waals surface area contributed by atoms with Gasteiger partial charge in [-0.05, 0) is 44.5 Å². The standard InChI is InChI=1S/C14H21N3O2/c1-19-13-7-3-2-6-12(13)17-14(18)16-11-5-4-9-15-10-8-11/h2-3,6-7,11,15H,4-5,8-10H2,1H3,(H2,16,17,18). The maximum atomic E-state index is 12.0. The van der Waals surface area contributed by atoms with E-state index >= 15 is 0 Å². The van der Waals surface area contributed by atoms with Gasteiger partial charge < -0.3 is 20.7 Å². The molecule has 1 atom stereocenters. The highest BCUT2D eigenvalue weighted by Crippen LogP contribution is 2.22. The Morgan fingerprint density at radius 1 is 1.32 bits per heavy atom. The summed E-state index contributed by atoms with van der Waals surface area (Å²) in [6.07, 6.45) is 3.09. The van der Waals surface area contributed by atoms with Gasteiger partial charge in [-0.25, -0.2) is 4.79 Å². The molecule has 0 aliphatic carbocycles. The molecule has 1 aliphatic rings. The van der Waals surface area contributed by atoms with E-state index in [-0.39, 0.29) is 12.1 Å². The van der Waals surface area contributed by atoms with Gasteiger partial charge in [0.1, 0.15) is 5.75 Å². The fraction of sp³-hybridized carbons (Fsp3) is 0.500. The van der Waals surface area contributed by atoms with E-state index in [1.807, 2.05) is 24.3 Å². The second kappa shape index (κ2) is 6.99. The van der Waals surface area contributed by atoms with E-state index < -0.39 is 0 Å². The predicted molar refractivity (Wildman–Crippen MR) is 75.7 cm³/mol. The van der Waals surface area contributed by atoms with Gasteiger partial charge in [0, 0.05) is 6.04 Å². The molecule has 1 heterocycles. The van der Waals surface area contributed by atoms with Crippen molar-refractivity contribution in [1.82, 2.24) is 10.6 Å². The first-order valence-electron chi connectivity index (χ1n) is 6.71. The van der Waals surface area contributed by atoms with Crippen molar-refractivity contribution in [1.29, 1.82) is 0 Å². The van der Waals surface area contributed by atoms with Crippen molar-refractivity contribution in [2.45, 2.75) is 25.3 Å². The molecule has 104 valence electrons. The van der Waals surface area contributed by atoms with Crippen molar-refractivity contribution in [2.75, 3.05) is 25.5 Å². The molecule has 1 unspecified atom stereocenters. The van der Waals surface area contributed by atoms with Crippen molar-refractivity contribution in [3.8, 4) is 5.75 Å². The second-order valence-corrected chi connectivity index (χ2v) is 4.68. The Kier molecular flexibility index (Phi) is 5.03. The fourth-order valence-corrected chi connectivity index (χ4v) is 2.26. The van der Waals surface area contributed by atoms with Crippen LogP contribution in [0.5, 0.6) is 5.75 Å². The Morgan fingerprint density at radius 3 is 3.00 bits per heavy atom. The summed E-state index contributed by atoms with van der Waals surface area (Å²) in [5, 5.41) is 9.17. The third kappa shape index (κ3) is 4.13. The minimum absolute atomic E-state index is 0.170. The van der Waals surface area contributed by atoms with Crippen molar-refractivity contribution < 1.29 is 9.53 Å². The van der Waals surface area contributed by atoms with Crippen LogP contribution < -0.4 is 20.7 Å². The molecule has 1 saturated heterocycles. The van der Waals surface area contributed by atoms with Gasteiger partial charge in [-0.15, -0.1) is 0 Å². The van der Waals surface area contributed by atoms with E-state index in [4.69, 9.17) is 4.74 Å². The summed E-state index contributed by atoms with van der Waals surface area (Å²) in [7, 11) is 1.59. The quantitative estimate of drug-likeness (QED) is 0.781. The van der Waals surface area contributed by atoms with Crippen molar-refractivity contribution in [3.05, 3.63) is 24.3 Å². The lowest BCUT2D eigenvalue weighted by Crippen LogP contribution is -2.38. The lowest BCUT2D eigenvalue weighted by atomic mass is 10.1. The van der Waals surface area contributed by atoms with E-state index in [0.29, 0.717) is 11.4 Å². The summed E-state index contributed by atoms with van der Waals surface area (Å²) in [5.41, 5.74) is 0.689. The molecule has 2 amide bonds. The number of nitrogens with one attached hydrogen (secondary N) is 3. The van der Waals surface area contributed by atoms with Gasteiger partial charge in [0.2, 0.25) is 0 Å². The van der Waals surface area contributed by atoms with Gasteiger partial charge in [0.05, 0.1) is 12.8 Å². The number of anilines is 1. The zero-order valence-electron chi connectivity index (χ0n) is 11.2. The number of para-hydroxylation sites is 2. The zero-order valence-corrected chi connectivity index (χ0v) is 11.2. The lowest BCUT2D eigenvalue weighted by molar-refractivity contribution is 0.247. The first-order valence-corrected chi connectivity index (χ1v) is 6.71. The van der Waals surface area contributed by atoms with Gasteiger partial charge >= 0.3 is 6.03 Å². The Morgan fingerprint density at radius 2 is 2.16 bits per heavy atom. The molecule has 0 aromatic heterocycles. The monoisotopic (exact) mass is 263 g/mol. The second-order valence-electron chi connectivity index (χ2n) is 4.68. The zero-order chi connectivity index (χ0) is 13.5. The van der Waals surface area contributed by atoms with Crippen LogP contribution in [0, 0.1) is 0 Å². The molecule has 3 N–H and O–H groups in total. The summed E-state index contributed by atoms with van der Waals surface area (Å²) in [5.74, 6) is 0.667. The highest BCUT2D eigenvalue weighted by Gasteiger charge is 2.15. The maximum Gasteiger partial charge on any atom is 0.319 e. The molecule has 2 rings (SSSR count). The van der Waals surface area contributed by atoms with E-state index in [2.05, 4.69) is 16.0 Å². The number of benzene rings is 1. The predicted octanol–water partition coefficient (Wildman–Crippen LogP) is 1.96. The SMILES string of the molecule is COc1ccccc1NC(=O)NC1CCCNCC1. The third-order valence-corrected chi connectivity index (χ3v) is 3.27. The van der Waals surface area contributed by atoms with E-state index in [1.165, 1.54) is 0 Å². The average molecular weight is 263 g/mol. The lowest BCUT2D eigenvalue weighted by Gasteiger charge is -2.17. The highest BCUT2D eigenvalue weighted by molar-refractivity contribution is 5.91. The summed E-state index contributed by atoms with van der Waals surface area (Å²) < 4.78 is 5.20. The maximum absolute atomic E-state index is 12.0. The van der Waals surface area contributed by atoms with Crippen LogP contribution in [-0.2, 0) is 0 Å². The minimum Gasteiger partial charge on any atom is -0.495 e. The van der Waals surface area contributed by atoms with E-state index in [9.17, 15) is 4.79 Å². The molecular weight excluding hydrogens is 242 g/mol. The molecule has 19 heavy (non-hydrogen) atoms. The summed E-state index contributed by atoms with van der Waals surface area (Å²) >= 11 is 0. The molecule has 5 heteroatoms. The van der Waals surface area contributed by atoms with Crippen molar-refractivity contribution in [3.63, 3.8) is 0 Å². The van der Waals surface area contributed by atoms with Crippen LogP contribution in [0.3, 0.4) is 0 Å². The van der Waals surface area contributed by atoms with E-state index in [0.717, 1.165) is 32.4 Å². The van der Waals surface area contributed by atoms with Crippen LogP contribution in [0.4, 0.5) is 10.5 Å². The number of urea groups is 1. The molecule has 1 aromatic carbocycles. The minimum atomic E-state index is -0.170. The molecule has 0 bridgehead atoms. The van der Waals surface area contributed by atoms with Crippen LogP contribution >= 0.6 is 0 Å². The number of hydrogen-bond acceptors (Lipinski definition) is 3. The van der Waals surface area contributed by atoms with Gasteiger partial charge in [0.25, 0.3) is 0 Å². The van der Waals surface area contributed by atoms with Gasteiger partial charge in [-0.1, -0.05) is 12.1 Å². The molecular formula is C14H21N3O2. The number of ether oxygens (including phenoxy) is 1. The van der Waals surface area contributed by atoms with Crippen molar-refractivity contribution >= 4 is 11.7 Å². The topological polar surface area (TPSA) is 62.4 Å². The smallest absolute Gasteiger partial charge is 0.319 e. The van der Waals surface area contributed by atoms with Gasteiger partial charge in [0.15, 0.2) is 0 Å². The Labute approximate surface area is 113 Å². The Bertz CT molecular complexity index is 415. The number of amides is 2. The molecule has 1 fully saturated rings. The number of methoxy groups -OCH3 is 1. The van der Waals surface area contributed by atoms with Gasteiger partial charge in [-0.3, -0.25) is 0 Å². The first-order chi connectivity index (χ1) is 9.29. The Hall–Kier alpha value is -1.75. The van der Waals surface area contributed by atoms with E-state index in [1.54, 1.807) is 7.11 Å². The van der Waals surface area contributed by atoms with Crippen molar-refractivity contribution in [2.24, 2.45) is 0 Å². The average Bonchev–Trinajstić information content (AvgIpc) is 2.68. The summed E-state index contributed by atoms with van der Waals surface area (Å²) in [6.45, 7) is 1.99. The normalized spacial score (nSPS) is 19.3. The molecule has 0 saturated carbocycles. The number of hydrogen-bond donors (Lipinski definition) is 3. The largest absolute Gasteiger partial charge is 0.495 e. The Balaban J connectivity index is 1.89. The van der Waals surface area contributed by atoms with Crippen LogP contribution in [0.15, 0.2) is 24.3 Å². The summed E-state index contributed by atoms with van der Waals surface area (Å²) in [4.78, 5) is 12.0.